The number of aromatic nitrogens is 3. The summed E-state index contributed by atoms with van der Waals surface area (Å²) in [5.41, 5.74) is 0.601. The highest BCUT2D eigenvalue weighted by atomic mass is 35.5. The summed E-state index contributed by atoms with van der Waals surface area (Å²) < 4.78 is 3.74. The maximum Gasteiger partial charge on any atom is 0.509 e. The van der Waals surface area contributed by atoms with Crippen molar-refractivity contribution in [2.75, 3.05) is 6.54 Å². The maximum absolute atomic E-state index is 11.7. The van der Waals surface area contributed by atoms with Crippen LogP contribution in [-0.2, 0) is 16.1 Å². The van der Waals surface area contributed by atoms with Crippen molar-refractivity contribution in [3.05, 3.63) is 84.5 Å². The lowest BCUT2D eigenvalue weighted by atomic mass is 10.2. The van der Waals surface area contributed by atoms with E-state index in [9.17, 15) is 19.5 Å². The van der Waals surface area contributed by atoms with Gasteiger partial charge in [0, 0.05) is 24.5 Å². The molecule has 0 amide bonds. The number of pyridine rings is 1. The zero-order valence-electron chi connectivity index (χ0n) is 18.7. The maximum atomic E-state index is 11.7. The van der Waals surface area contributed by atoms with Crippen LogP contribution >= 0.6 is 0 Å². The Hall–Kier alpha value is -4.65. The molecule has 0 fully saturated rings. The van der Waals surface area contributed by atoms with Gasteiger partial charge in [-0.15, -0.1) is 19.9 Å². The first-order valence-electron chi connectivity index (χ1n) is 10.3. The number of carbonyl (C=O) groups is 3. The number of amidine groups is 1. The molecule has 36 heavy (non-hydrogen) atoms. The summed E-state index contributed by atoms with van der Waals surface area (Å²) in [6.07, 6.45) is 5.78. The van der Waals surface area contributed by atoms with E-state index in [1.165, 1.54) is 17.0 Å². The molecule has 188 valence electrons. The standard InChI is InChI=1S/C22H21N7O6.ClH/c30-19(31)8-11-27-9-6-17(7-10-27)24-26-20(16-4-2-1-3-5-16)25-23-14-18(21(32)33)28-12-13-29(15-28)22(34)35;/h1-7,9-10,12-13,15,18H,8,11,14H2,(H2-,30,31,32,33,34,35);1H. The number of hydrogen-bond acceptors (Lipinski definition) is 6. The molecule has 2 aromatic heterocycles. The summed E-state index contributed by atoms with van der Waals surface area (Å²) in [7, 11) is 0. The van der Waals surface area contributed by atoms with Crippen molar-refractivity contribution in [3.63, 3.8) is 0 Å². The molecule has 0 saturated carbocycles. The smallest absolute Gasteiger partial charge is 0.509 e. The fourth-order valence-electron chi connectivity index (χ4n) is 2.87. The van der Waals surface area contributed by atoms with E-state index < -0.39 is 24.1 Å². The highest BCUT2D eigenvalue weighted by Crippen LogP contribution is 2.06. The van der Waals surface area contributed by atoms with Gasteiger partial charge in [0.05, 0.1) is 11.8 Å². The Balaban J connectivity index is 0.00000456. The summed E-state index contributed by atoms with van der Waals surface area (Å²) in [4.78, 5) is 33.4. The Morgan fingerprint density at radius 1 is 0.972 bits per heavy atom. The molecule has 0 aliphatic carbocycles. The van der Waals surface area contributed by atoms with Gasteiger partial charge in [0.25, 0.3) is 6.33 Å². The van der Waals surface area contributed by atoms with Crippen LogP contribution in [-0.4, -0.2) is 54.9 Å². The molecule has 14 heteroatoms. The molecule has 3 N–H and O–H groups in total. The van der Waals surface area contributed by atoms with E-state index in [0.29, 0.717) is 17.5 Å². The first-order valence-corrected chi connectivity index (χ1v) is 10.3. The largest absolute Gasteiger partial charge is 1.00 e. The van der Waals surface area contributed by atoms with Crippen molar-refractivity contribution in [2.45, 2.75) is 19.0 Å². The fraction of sp³-hybridized carbons (Fsp3) is 0.182. The number of azo groups is 1. The first-order chi connectivity index (χ1) is 16.8. The number of carboxylic acid groups (broad SMARTS) is 3. The Morgan fingerprint density at radius 3 is 2.25 bits per heavy atom. The number of aryl methyl sites for hydroxylation is 1. The highest BCUT2D eigenvalue weighted by Gasteiger charge is 2.26. The average Bonchev–Trinajstić information content (AvgIpc) is 3.33. The average molecular weight is 516 g/mol. The zero-order chi connectivity index (χ0) is 25.2. The van der Waals surface area contributed by atoms with E-state index >= 15 is 0 Å². The summed E-state index contributed by atoms with van der Waals surface area (Å²) in [6.45, 7) is 0.0470. The van der Waals surface area contributed by atoms with E-state index in [1.54, 1.807) is 53.4 Å². The van der Waals surface area contributed by atoms with Crippen molar-refractivity contribution in [1.82, 2.24) is 9.13 Å². The third-order valence-electron chi connectivity index (χ3n) is 4.69. The summed E-state index contributed by atoms with van der Waals surface area (Å²) >= 11 is 0. The number of benzene rings is 1. The minimum atomic E-state index is -1.25. The van der Waals surface area contributed by atoms with Crippen LogP contribution in [0.3, 0.4) is 0 Å². The molecule has 0 radical (unpaired) electrons. The van der Waals surface area contributed by atoms with Gasteiger partial charge in [-0.05, 0) is 12.1 Å². The van der Waals surface area contributed by atoms with Crippen LogP contribution in [0.5, 0.6) is 0 Å². The number of nitrogens with zero attached hydrogens (tertiary/aromatic N) is 7. The second-order valence-corrected chi connectivity index (χ2v) is 7.16. The van der Waals surface area contributed by atoms with Gasteiger partial charge >= 0.3 is 18.0 Å². The third-order valence-corrected chi connectivity index (χ3v) is 4.69. The van der Waals surface area contributed by atoms with Crippen molar-refractivity contribution in [2.24, 2.45) is 20.4 Å². The number of halogens is 1. The number of hydrogen-bond donors (Lipinski definition) is 3. The number of aliphatic carboxylic acids is 2. The molecule has 13 nitrogen and oxygen atoms in total. The predicted octanol–water partition coefficient (Wildman–Crippen LogP) is -1.38. The van der Waals surface area contributed by atoms with E-state index in [4.69, 9.17) is 10.2 Å². The van der Waals surface area contributed by atoms with Crippen LogP contribution in [0.1, 0.15) is 18.0 Å². The van der Waals surface area contributed by atoms with Crippen LogP contribution in [0.4, 0.5) is 4.79 Å². The van der Waals surface area contributed by atoms with E-state index in [0.717, 1.165) is 10.9 Å². The monoisotopic (exact) mass is 515 g/mol. The first kappa shape index (κ1) is 27.6. The van der Waals surface area contributed by atoms with Crippen molar-refractivity contribution in [3.8, 4) is 0 Å². The normalized spacial score (nSPS) is 12.1. The topological polar surface area (TPSA) is 175 Å². The minimum Gasteiger partial charge on any atom is -1.00 e. The number of carboxylic acids is 2. The van der Waals surface area contributed by atoms with Gasteiger partial charge in [-0.3, -0.25) is 4.79 Å². The van der Waals surface area contributed by atoms with Gasteiger partial charge < -0.3 is 32.3 Å². The molecule has 1 atom stereocenters. The van der Waals surface area contributed by atoms with Crippen LogP contribution in [0.25, 0.3) is 0 Å². The van der Waals surface area contributed by atoms with Crippen molar-refractivity contribution in [1.29, 1.82) is 0 Å². The molecule has 2 heterocycles. The van der Waals surface area contributed by atoms with Gasteiger partial charge in [-0.1, -0.05) is 30.3 Å². The SMILES string of the molecule is O=C(O)CCn1ccc(=NN=C(N=NCC(C(=O)O)[n+]2ccn(C(=O)O)c2)c2ccccc2)cc1.[Cl-]. The van der Waals surface area contributed by atoms with Gasteiger partial charge in [0.1, 0.15) is 18.9 Å². The number of rotatable bonds is 9. The molecule has 1 unspecified atom stereocenters. The molecule has 0 aliphatic rings. The van der Waals surface area contributed by atoms with Gasteiger partial charge in [-0.2, -0.15) is 9.91 Å². The highest BCUT2D eigenvalue weighted by molar-refractivity contribution is 5.98. The van der Waals surface area contributed by atoms with E-state index in [-0.39, 0.29) is 31.2 Å². The van der Waals surface area contributed by atoms with Crippen LogP contribution < -0.4 is 22.3 Å². The van der Waals surface area contributed by atoms with Gasteiger partial charge in [-0.25, -0.2) is 9.36 Å². The molecule has 1 aromatic carbocycles. The molecule has 3 aromatic rings. The third kappa shape index (κ3) is 7.99. The lowest BCUT2D eigenvalue weighted by Crippen LogP contribution is -3.00. The Kier molecular flexibility index (Phi) is 10.2. The molecule has 3 rings (SSSR count). The van der Waals surface area contributed by atoms with Crippen LogP contribution in [0.2, 0.25) is 0 Å². The molecule has 0 aliphatic heterocycles. The zero-order valence-corrected chi connectivity index (χ0v) is 19.5. The Morgan fingerprint density at radius 2 is 1.67 bits per heavy atom. The Bertz CT molecular complexity index is 1310. The number of imidazole rings is 1. The molecule has 0 saturated heterocycles. The summed E-state index contributed by atoms with van der Waals surface area (Å²) in [6, 6.07) is 11.0. The van der Waals surface area contributed by atoms with Gasteiger partial charge in [0.15, 0.2) is 0 Å². The second kappa shape index (κ2) is 13.3. The lowest BCUT2D eigenvalue weighted by Gasteiger charge is -2.05. The lowest BCUT2D eigenvalue weighted by molar-refractivity contribution is -0.707. The fourth-order valence-corrected chi connectivity index (χ4v) is 2.87. The molecular weight excluding hydrogens is 494 g/mol. The molecule has 0 bridgehead atoms. The van der Waals surface area contributed by atoms with Gasteiger partial charge in [0.2, 0.25) is 11.9 Å². The Labute approximate surface area is 210 Å². The molecular formula is C22H22ClN7O6. The summed E-state index contributed by atoms with van der Waals surface area (Å²) in [5.74, 6) is -1.96. The summed E-state index contributed by atoms with van der Waals surface area (Å²) in [5, 5.41) is 44.2. The van der Waals surface area contributed by atoms with Crippen molar-refractivity contribution >= 4 is 23.9 Å². The van der Waals surface area contributed by atoms with Crippen LogP contribution in [0.15, 0.2) is 94.0 Å². The second-order valence-electron chi connectivity index (χ2n) is 7.16. The molecule has 0 spiro atoms. The van der Waals surface area contributed by atoms with E-state index in [2.05, 4.69) is 20.4 Å². The quantitative estimate of drug-likeness (QED) is 0.104. The van der Waals surface area contributed by atoms with Crippen molar-refractivity contribution < 1.29 is 46.7 Å². The van der Waals surface area contributed by atoms with Crippen LogP contribution in [0, 0.1) is 0 Å². The van der Waals surface area contributed by atoms with E-state index in [1.807, 2.05) is 6.07 Å². The minimum absolute atomic E-state index is 0. The predicted molar refractivity (Wildman–Crippen MR) is 120 cm³/mol.